The Morgan fingerprint density at radius 3 is 2.62 bits per heavy atom. The molecule has 0 saturated heterocycles. The van der Waals surface area contributed by atoms with Gasteiger partial charge in [-0.25, -0.2) is 15.0 Å². The largest absolute Gasteiger partial charge is 0.446 e. The molecule has 0 atom stereocenters. The Morgan fingerprint density at radius 2 is 1.73 bits per heavy atom. The molecule has 0 aliphatic carbocycles. The lowest BCUT2D eigenvalue weighted by atomic mass is 10.1. The van der Waals surface area contributed by atoms with Crippen LogP contribution in [-0.2, 0) is 13.0 Å². The zero-order chi connectivity index (χ0) is 17.5. The van der Waals surface area contributed by atoms with Crippen molar-refractivity contribution in [2.75, 3.05) is 11.4 Å². The van der Waals surface area contributed by atoms with Crippen molar-refractivity contribution in [2.45, 2.75) is 19.9 Å². The molecule has 2 aromatic carbocycles. The van der Waals surface area contributed by atoms with Crippen molar-refractivity contribution >= 4 is 16.9 Å². The van der Waals surface area contributed by atoms with Crippen LogP contribution in [0.2, 0.25) is 0 Å². The Kier molecular flexibility index (Phi) is 3.45. The van der Waals surface area contributed by atoms with Crippen LogP contribution in [0.25, 0.3) is 22.2 Å². The highest BCUT2D eigenvalue weighted by atomic mass is 16.4. The van der Waals surface area contributed by atoms with Gasteiger partial charge in [-0.05, 0) is 6.07 Å². The summed E-state index contributed by atoms with van der Waals surface area (Å²) in [7, 11) is 0. The highest BCUT2D eigenvalue weighted by molar-refractivity contribution is 5.93. The van der Waals surface area contributed by atoms with E-state index in [0.29, 0.717) is 6.54 Å². The van der Waals surface area contributed by atoms with Crippen molar-refractivity contribution in [1.82, 2.24) is 15.0 Å². The summed E-state index contributed by atoms with van der Waals surface area (Å²) in [5.41, 5.74) is 4.01. The molecule has 2 aromatic heterocycles. The zero-order valence-corrected chi connectivity index (χ0v) is 14.5. The van der Waals surface area contributed by atoms with Gasteiger partial charge in [0.05, 0.1) is 17.8 Å². The predicted octanol–water partition coefficient (Wildman–Crippen LogP) is 4.16. The van der Waals surface area contributed by atoms with Crippen molar-refractivity contribution < 1.29 is 4.42 Å². The van der Waals surface area contributed by atoms with Crippen LogP contribution < -0.4 is 4.90 Å². The molecule has 5 nitrogen and oxygen atoms in total. The van der Waals surface area contributed by atoms with E-state index in [4.69, 9.17) is 14.4 Å². The first-order valence-electron chi connectivity index (χ1n) is 8.80. The molecule has 3 heterocycles. The smallest absolute Gasteiger partial charge is 0.226 e. The molecule has 5 rings (SSSR count). The lowest BCUT2D eigenvalue weighted by Gasteiger charge is -2.26. The quantitative estimate of drug-likeness (QED) is 0.547. The Hall–Kier alpha value is -3.21. The number of rotatable bonds is 2. The van der Waals surface area contributed by atoms with Crippen LogP contribution in [0.15, 0.2) is 59.0 Å². The summed E-state index contributed by atoms with van der Waals surface area (Å²) in [5, 5.41) is 1.07. The summed E-state index contributed by atoms with van der Waals surface area (Å²) in [6.45, 7) is 3.40. The van der Waals surface area contributed by atoms with E-state index in [1.807, 2.05) is 43.3 Å². The number of fused-ring (bicyclic) bond motifs is 2. The van der Waals surface area contributed by atoms with Crippen molar-refractivity contribution in [1.29, 1.82) is 0 Å². The van der Waals surface area contributed by atoms with Crippen molar-refractivity contribution in [3.8, 4) is 11.3 Å². The molecule has 1 aliphatic rings. The van der Waals surface area contributed by atoms with Gasteiger partial charge in [-0.3, -0.25) is 0 Å². The maximum atomic E-state index is 5.67. The molecule has 128 valence electrons. The Bertz CT molecular complexity index is 1090. The summed E-state index contributed by atoms with van der Waals surface area (Å²) in [4.78, 5) is 16.4. The number of hydrogen-bond donors (Lipinski definition) is 0. The third-order valence-electron chi connectivity index (χ3n) is 4.76. The monoisotopic (exact) mass is 342 g/mol. The number of benzene rings is 2. The summed E-state index contributed by atoms with van der Waals surface area (Å²) in [5.74, 6) is 2.46. The first-order valence-corrected chi connectivity index (χ1v) is 8.80. The molecule has 0 radical (unpaired) electrons. The first kappa shape index (κ1) is 15.1. The summed E-state index contributed by atoms with van der Waals surface area (Å²) >= 11 is 0. The van der Waals surface area contributed by atoms with Gasteiger partial charge in [0.2, 0.25) is 5.95 Å². The van der Waals surface area contributed by atoms with Crippen LogP contribution in [0.1, 0.15) is 17.3 Å². The van der Waals surface area contributed by atoms with E-state index in [2.05, 4.69) is 28.1 Å². The first-order chi connectivity index (χ1) is 12.8. The van der Waals surface area contributed by atoms with E-state index in [-0.39, 0.29) is 0 Å². The fourth-order valence-electron chi connectivity index (χ4n) is 3.52. The van der Waals surface area contributed by atoms with E-state index < -0.39 is 0 Å². The molecule has 0 N–H and O–H groups in total. The number of para-hydroxylation sites is 1. The fourth-order valence-corrected chi connectivity index (χ4v) is 3.52. The van der Waals surface area contributed by atoms with E-state index >= 15 is 0 Å². The second kappa shape index (κ2) is 5.95. The molecule has 1 aliphatic heterocycles. The standard InChI is InChI=1S/C21H18N4O/c1-14-22-18-13-25(12-11-19(18)26-14)21-23-17-10-6-5-9-16(17)20(24-21)15-7-3-2-4-8-15/h2-10H,11-13H2,1H3. The van der Waals surface area contributed by atoms with Gasteiger partial charge >= 0.3 is 0 Å². The molecule has 0 bridgehead atoms. The maximum absolute atomic E-state index is 5.67. The molecule has 4 aromatic rings. The maximum Gasteiger partial charge on any atom is 0.226 e. The molecule has 0 amide bonds. The van der Waals surface area contributed by atoms with Crippen LogP contribution in [0.3, 0.4) is 0 Å². The highest BCUT2D eigenvalue weighted by Crippen LogP contribution is 2.30. The minimum atomic E-state index is 0.680. The fraction of sp³-hybridized carbons (Fsp3) is 0.190. The van der Waals surface area contributed by atoms with Crippen LogP contribution in [0.4, 0.5) is 5.95 Å². The van der Waals surface area contributed by atoms with Gasteiger partial charge in [-0.15, -0.1) is 0 Å². The Morgan fingerprint density at radius 1 is 0.923 bits per heavy atom. The van der Waals surface area contributed by atoms with Gasteiger partial charge in [-0.2, -0.15) is 0 Å². The molecule has 0 spiro atoms. The molecule has 0 saturated carbocycles. The zero-order valence-electron chi connectivity index (χ0n) is 14.5. The SMILES string of the molecule is Cc1nc2c(o1)CCN(c1nc(-c3ccccc3)c3ccccc3n1)C2. The van der Waals surface area contributed by atoms with Crippen LogP contribution in [0.5, 0.6) is 0 Å². The second-order valence-corrected chi connectivity index (χ2v) is 6.53. The normalized spacial score (nSPS) is 13.8. The lowest BCUT2D eigenvalue weighted by molar-refractivity contribution is 0.463. The van der Waals surface area contributed by atoms with E-state index in [1.165, 1.54) is 0 Å². The van der Waals surface area contributed by atoms with Crippen LogP contribution in [0, 0.1) is 6.92 Å². The molecule has 26 heavy (non-hydrogen) atoms. The van der Waals surface area contributed by atoms with E-state index in [0.717, 1.165) is 58.4 Å². The molecule has 0 fully saturated rings. The average Bonchev–Trinajstić information content (AvgIpc) is 3.07. The summed E-state index contributed by atoms with van der Waals surface area (Å²) in [6, 6.07) is 18.5. The number of hydrogen-bond acceptors (Lipinski definition) is 5. The van der Waals surface area contributed by atoms with Crippen molar-refractivity contribution in [2.24, 2.45) is 0 Å². The Labute approximate surface area is 151 Å². The van der Waals surface area contributed by atoms with Gasteiger partial charge in [0.25, 0.3) is 0 Å². The average molecular weight is 342 g/mol. The summed E-state index contributed by atoms with van der Waals surface area (Å²) in [6.07, 6.45) is 0.826. The van der Waals surface area contributed by atoms with Gasteiger partial charge < -0.3 is 9.32 Å². The van der Waals surface area contributed by atoms with E-state index in [1.54, 1.807) is 0 Å². The third kappa shape index (κ3) is 2.52. The van der Waals surface area contributed by atoms with Gasteiger partial charge in [0.1, 0.15) is 11.5 Å². The molecule has 0 unspecified atom stereocenters. The molecule has 5 heteroatoms. The van der Waals surface area contributed by atoms with Crippen LogP contribution >= 0.6 is 0 Å². The third-order valence-corrected chi connectivity index (χ3v) is 4.76. The van der Waals surface area contributed by atoms with Crippen LogP contribution in [-0.4, -0.2) is 21.5 Å². The highest BCUT2D eigenvalue weighted by Gasteiger charge is 2.24. The predicted molar refractivity (Wildman–Crippen MR) is 101 cm³/mol. The summed E-state index contributed by atoms with van der Waals surface area (Å²) < 4.78 is 5.67. The van der Waals surface area contributed by atoms with Gasteiger partial charge in [-0.1, -0.05) is 48.5 Å². The number of aromatic nitrogens is 3. The lowest BCUT2D eigenvalue weighted by Crippen LogP contribution is -2.31. The molecular weight excluding hydrogens is 324 g/mol. The topological polar surface area (TPSA) is 55.1 Å². The van der Waals surface area contributed by atoms with E-state index in [9.17, 15) is 0 Å². The van der Waals surface area contributed by atoms with Gasteiger partial charge in [0, 0.05) is 30.8 Å². The van der Waals surface area contributed by atoms with Gasteiger partial charge in [0.15, 0.2) is 5.89 Å². The van der Waals surface area contributed by atoms with Crippen molar-refractivity contribution in [3.05, 3.63) is 71.9 Å². The number of aryl methyl sites for hydroxylation is 1. The molecular formula is C21H18N4O. The Balaban J connectivity index is 1.63. The second-order valence-electron chi connectivity index (χ2n) is 6.53. The number of oxazole rings is 1. The van der Waals surface area contributed by atoms with Crippen molar-refractivity contribution in [3.63, 3.8) is 0 Å². The number of anilines is 1. The minimum absolute atomic E-state index is 0.680. The number of nitrogens with zero attached hydrogens (tertiary/aromatic N) is 4. The minimum Gasteiger partial charge on any atom is -0.446 e.